The van der Waals surface area contributed by atoms with Crippen molar-refractivity contribution in [3.8, 4) is 0 Å². The van der Waals surface area contributed by atoms with Crippen LogP contribution in [0.1, 0.15) is 41.3 Å². The maximum absolute atomic E-state index is 12.1. The number of carbonyl (C=O) groups excluding carboxylic acids is 1. The van der Waals surface area contributed by atoms with Gasteiger partial charge in [-0.3, -0.25) is 4.79 Å². The molecule has 1 aliphatic heterocycles. The van der Waals surface area contributed by atoms with Crippen LogP contribution >= 0.6 is 0 Å². The first-order chi connectivity index (χ1) is 7.84. The lowest BCUT2D eigenvalue weighted by atomic mass is 10.0. The zero-order valence-corrected chi connectivity index (χ0v) is 9.38. The van der Waals surface area contributed by atoms with E-state index >= 15 is 0 Å². The summed E-state index contributed by atoms with van der Waals surface area (Å²) in [4.78, 5) is 19.8. The van der Waals surface area contributed by atoms with Crippen molar-refractivity contribution >= 4 is 5.78 Å². The second-order valence-electron chi connectivity index (χ2n) is 4.77. The predicted octanol–water partition coefficient (Wildman–Crippen LogP) is 1.08. The average molecular weight is 219 g/mol. The Morgan fingerprint density at radius 2 is 2.19 bits per heavy atom. The number of H-pyrrole nitrogens is 1. The molecule has 3 rings (SSSR count). The molecule has 1 atom stereocenters. The van der Waals surface area contributed by atoms with Gasteiger partial charge in [0.05, 0.1) is 5.69 Å². The fraction of sp³-hybridized carbons (Fsp3) is 0.667. The fourth-order valence-corrected chi connectivity index (χ4v) is 2.64. The molecule has 2 aliphatic rings. The Morgan fingerprint density at radius 1 is 1.31 bits per heavy atom. The van der Waals surface area contributed by atoms with E-state index in [4.69, 9.17) is 0 Å². The number of hydrogen-bond acceptors (Lipinski definition) is 3. The number of aryl methyl sites for hydroxylation is 2. The summed E-state index contributed by atoms with van der Waals surface area (Å²) in [6.45, 7) is 1.76. The summed E-state index contributed by atoms with van der Waals surface area (Å²) in [6.07, 6.45) is 5.45. The van der Waals surface area contributed by atoms with Crippen LogP contribution in [-0.2, 0) is 12.8 Å². The van der Waals surface area contributed by atoms with E-state index in [1.54, 1.807) is 0 Å². The summed E-state index contributed by atoms with van der Waals surface area (Å²) in [5.41, 5.74) is 2.32. The fourth-order valence-electron chi connectivity index (χ4n) is 2.64. The lowest BCUT2D eigenvalue weighted by molar-refractivity contribution is 0.0920. The predicted molar refractivity (Wildman–Crippen MR) is 60.5 cm³/mol. The van der Waals surface area contributed by atoms with Crippen molar-refractivity contribution < 1.29 is 4.79 Å². The number of imidazole rings is 1. The number of rotatable bonds is 2. The van der Waals surface area contributed by atoms with Crippen molar-refractivity contribution in [3.05, 3.63) is 17.2 Å². The third-order valence-electron chi connectivity index (χ3n) is 3.62. The number of aromatic amines is 1. The maximum Gasteiger partial charge on any atom is 0.202 e. The molecule has 0 spiro atoms. The number of hydrogen-bond donors (Lipinski definition) is 2. The van der Waals surface area contributed by atoms with E-state index in [-0.39, 0.29) is 11.7 Å². The standard InChI is InChI=1S/C12H17N3O/c16-11(8-5-6-13-7-8)12-14-9-3-1-2-4-10(9)15-12/h8,13H,1-7H2,(H,14,15). The van der Waals surface area contributed by atoms with Gasteiger partial charge in [0.2, 0.25) is 5.78 Å². The minimum absolute atomic E-state index is 0.132. The Hall–Kier alpha value is -1.16. The highest BCUT2D eigenvalue weighted by Crippen LogP contribution is 2.21. The number of ketones is 1. The molecule has 2 N–H and O–H groups in total. The van der Waals surface area contributed by atoms with Crippen molar-refractivity contribution in [2.45, 2.75) is 32.1 Å². The average Bonchev–Trinajstić information content (AvgIpc) is 2.97. The first kappa shape index (κ1) is 10.0. The van der Waals surface area contributed by atoms with Crippen LogP contribution in [0, 0.1) is 5.92 Å². The van der Waals surface area contributed by atoms with E-state index in [2.05, 4.69) is 15.3 Å². The molecular weight excluding hydrogens is 202 g/mol. The molecule has 1 fully saturated rings. The molecule has 1 saturated heterocycles. The van der Waals surface area contributed by atoms with Crippen LogP contribution in [0.2, 0.25) is 0 Å². The Kier molecular flexibility index (Phi) is 2.52. The highest BCUT2D eigenvalue weighted by molar-refractivity contribution is 5.95. The van der Waals surface area contributed by atoms with Crippen LogP contribution in [0.15, 0.2) is 0 Å². The van der Waals surface area contributed by atoms with Crippen LogP contribution in [-0.4, -0.2) is 28.8 Å². The SMILES string of the molecule is O=C(c1nc2c([nH]1)CCCC2)C1CCNC1. The third kappa shape index (κ3) is 1.67. The molecule has 86 valence electrons. The Bertz CT molecular complexity index is 381. The summed E-state index contributed by atoms with van der Waals surface area (Å²) < 4.78 is 0. The number of Topliss-reactive ketones (excluding diaryl/α,β-unsaturated/α-hetero) is 1. The van der Waals surface area contributed by atoms with Gasteiger partial charge in [-0.2, -0.15) is 0 Å². The van der Waals surface area contributed by atoms with Gasteiger partial charge in [-0.1, -0.05) is 0 Å². The summed E-state index contributed by atoms with van der Waals surface area (Å²) in [7, 11) is 0. The second-order valence-corrected chi connectivity index (χ2v) is 4.77. The third-order valence-corrected chi connectivity index (χ3v) is 3.62. The Balaban J connectivity index is 1.83. The normalized spacial score (nSPS) is 24.4. The maximum atomic E-state index is 12.1. The van der Waals surface area contributed by atoms with Crippen molar-refractivity contribution in [1.29, 1.82) is 0 Å². The van der Waals surface area contributed by atoms with E-state index < -0.39 is 0 Å². The van der Waals surface area contributed by atoms with E-state index in [0.717, 1.165) is 38.0 Å². The van der Waals surface area contributed by atoms with Crippen molar-refractivity contribution in [3.63, 3.8) is 0 Å². The lowest BCUT2D eigenvalue weighted by Crippen LogP contribution is -2.19. The topological polar surface area (TPSA) is 57.8 Å². The Labute approximate surface area is 94.8 Å². The van der Waals surface area contributed by atoms with E-state index in [1.165, 1.54) is 18.5 Å². The Morgan fingerprint density at radius 3 is 2.94 bits per heavy atom. The van der Waals surface area contributed by atoms with Gasteiger partial charge < -0.3 is 10.3 Å². The summed E-state index contributed by atoms with van der Waals surface area (Å²) in [6, 6.07) is 0. The molecule has 2 heterocycles. The number of carbonyl (C=O) groups is 1. The van der Waals surface area contributed by atoms with Gasteiger partial charge >= 0.3 is 0 Å². The molecule has 0 radical (unpaired) electrons. The molecule has 1 aliphatic carbocycles. The van der Waals surface area contributed by atoms with Crippen molar-refractivity contribution in [2.75, 3.05) is 13.1 Å². The number of aromatic nitrogens is 2. The molecule has 16 heavy (non-hydrogen) atoms. The zero-order valence-electron chi connectivity index (χ0n) is 9.38. The van der Waals surface area contributed by atoms with Gasteiger partial charge in [0.15, 0.2) is 5.82 Å². The van der Waals surface area contributed by atoms with Gasteiger partial charge in [0.1, 0.15) is 0 Å². The van der Waals surface area contributed by atoms with Crippen molar-refractivity contribution in [1.82, 2.24) is 15.3 Å². The molecule has 1 aromatic heterocycles. The first-order valence-electron chi connectivity index (χ1n) is 6.17. The van der Waals surface area contributed by atoms with Crippen molar-refractivity contribution in [2.24, 2.45) is 5.92 Å². The van der Waals surface area contributed by atoms with Gasteiger partial charge in [-0.05, 0) is 38.6 Å². The molecule has 4 nitrogen and oxygen atoms in total. The summed E-state index contributed by atoms with van der Waals surface area (Å²) in [5, 5.41) is 3.22. The highest BCUT2D eigenvalue weighted by atomic mass is 16.1. The monoisotopic (exact) mass is 219 g/mol. The van der Waals surface area contributed by atoms with Gasteiger partial charge in [-0.15, -0.1) is 0 Å². The molecular formula is C12H17N3O. The largest absolute Gasteiger partial charge is 0.339 e. The number of nitrogens with one attached hydrogen (secondary N) is 2. The van der Waals surface area contributed by atoms with Gasteiger partial charge in [0.25, 0.3) is 0 Å². The molecule has 0 aromatic carbocycles. The molecule has 0 amide bonds. The molecule has 0 saturated carbocycles. The van der Waals surface area contributed by atoms with Crippen LogP contribution in [0.5, 0.6) is 0 Å². The second kappa shape index (κ2) is 4.01. The highest BCUT2D eigenvalue weighted by Gasteiger charge is 2.27. The molecule has 0 bridgehead atoms. The van der Waals surface area contributed by atoms with Crippen LogP contribution in [0.3, 0.4) is 0 Å². The number of nitrogens with zero attached hydrogens (tertiary/aromatic N) is 1. The molecule has 4 heteroatoms. The smallest absolute Gasteiger partial charge is 0.202 e. The minimum atomic E-state index is 0.132. The zero-order chi connectivity index (χ0) is 11.0. The first-order valence-corrected chi connectivity index (χ1v) is 6.17. The quantitative estimate of drug-likeness (QED) is 0.732. The summed E-state index contributed by atoms with van der Waals surface area (Å²) in [5.74, 6) is 0.924. The molecule has 1 unspecified atom stereocenters. The van der Waals surface area contributed by atoms with Crippen LogP contribution in [0.4, 0.5) is 0 Å². The molecule has 1 aromatic rings. The number of fused-ring (bicyclic) bond motifs is 1. The van der Waals surface area contributed by atoms with Gasteiger partial charge in [0, 0.05) is 18.2 Å². The van der Waals surface area contributed by atoms with E-state index in [1.807, 2.05) is 0 Å². The van der Waals surface area contributed by atoms with Crippen LogP contribution < -0.4 is 5.32 Å². The van der Waals surface area contributed by atoms with E-state index in [0.29, 0.717) is 5.82 Å². The van der Waals surface area contributed by atoms with Gasteiger partial charge in [-0.25, -0.2) is 4.98 Å². The van der Waals surface area contributed by atoms with E-state index in [9.17, 15) is 4.79 Å². The minimum Gasteiger partial charge on any atom is -0.339 e. The lowest BCUT2D eigenvalue weighted by Gasteiger charge is -2.07. The van der Waals surface area contributed by atoms with Crippen LogP contribution in [0.25, 0.3) is 0 Å². The summed E-state index contributed by atoms with van der Waals surface area (Å²) >= 11 is 0.